The third kappa shape index (κ3) is 3.50. The van der Waals surface area contributed by atoms with E-state index < -0.39 is 0 Å². The third-order valence-electron chi connectivity index (χ3n) is 3.94. The Hall–Kier alpha value is -2.00. The standard InChI is InChI=1S/C20H20BrNO/c1-3-23-20-11-8-15-6-4-5-7-17(15)18(20)13-22-19-10-9-16(21)12-14(19)2/h4-12,22H,3,13H2,1-2H3. The van der Waals surface area contributed by atoms with Crippen molar-refractivity contribution in [3.05, 3.63) is 70.2 Å². The summed E-state index contributed by atoms with van der Waals surface area (Å²) in [6, 6.07) is 18.9. The number of aryl methyl sites for hydroxylation is 1. The van der Waals surface area contributed by atoms with Crippen LogP contribution in [0.3, 0.4) is 0 Å². The minimum atomic E-state index is 0.669. The number of hydrogen-bond donors (Lipinski definition) is 1. The van der Waals surface area contributed by atoms with E-state index in [9.17, 15) is 0 Å². The Kier molecular flexibility index (Phi) is 4.87. The summed E-state index contributed by atoms with van der Waals surface area (Å²) in [5, 5.41) is 6.02. The van der Waals surface area contributed by atoms with Gasteiger partial charge in [-0.3, -0.25) is 0 Å². The van der Waals surface area contributed by atoms with Gasteiger partial charge in [-0.2, -0.15) is 0 Å². The average Bonchev–Trinajstić information content (AvgIpc) is 2.55. The lowest BCUT2D eigenvalue weighted by Gasteiger charge is -2.16. The van der Waals surface area contributed by atoms with Crippen LogP contribution in [0.1, 0.15) is 18.1 Å². The van der Waals surface area contributed by atoms with Gasteiger partial charge in [0.25, 0.3) is 0 Å². The number of halogens is 1. The van der Waals surface area contributed by atoms with E-state index >= 15 is 0 Å². The van der Waals surface area contributed by atoms with Crippen molar-refractivity contribution in [1.29, 1.82) is 0 Å². The van der Waals surface area contributed by atoms with Gasteiger partial charge in [0, 0.05) is 22.3 Å². The summed E-state index contributed by atoms with van der Waals surface area (Å²) in [7, 11) is 0. The molecule has 0 heterocycles. The van der Waals surface area contributed by atoms with Crippen LogP contribution in [0.4, 0.5) is 5.69 Å². The first-order valence-corrected chi connectivity index (χ1v) is 8.62. The van der Waals surface area contributed by atoms with Crippen LogP contribution in [0.2, 0.25) is 0 Å². The third-order valence-corrected chi connectivity index (χ3v) is 4.43. The molecule has 3 aromatic rings. The van der Waals surface area contributed by atoms with Crippen LogP contribution in [0, 0.1) is 6.92 Å². The minimum Gasteiger partial charge on any atom is -0.494 e. The molecule has 2 nitrogen and oxygen atoms in total. The molecule has 0 bridgehead atoms. The molecule has 0 fully saturated rings. The van der Waals surface area contributed by atoms with E-state index in [4.69, 9.17) is 4.74 Å². The normalized spacial score (nSPS) is 10.7. The van der Waals surface area contributed by atoms with Crippen molar-refractivity contribution in [1.82, 2.24) is 0 Å². The van der Waals surface area contributed by atoms with Crippen LogP contribution < -0.4 is 10.1 Å². The van der Waals surface area contributed by atoms with Crippen LogP contribution in [0.5, 0.6) is 5.75 Å². The maximum Gasteiger partial charge on any atom is 0.124 e. The molecule has 0 aliphatic heterocycles. The molecule has 0 aliphatic carbocycles. The molecule has 3 aromatic carbocycles. The highest BCUT2D eigenvalue weighted by molar-refractivity contribution is 9.10. The van der Waals surface area contributed by atoms with Gasteiger partial charge < -0.3 is 10.1 Å². The van der Waals surface area contributed by atoms with Crippen LogP contribution in [0.25, 0.3) is 10.8 Å². The molecular formula is C20H20BrNO. The zero-order valence-electron chi connectivity index (χ0n) is 13.4. The van der Waals surface area contributed by atoms with E-state index in [0.717, 1.165) is 22.5 Å². The zero-order chi connectivity index (χ0) is 16.2. The quantitative estimate of drug-likeness (QED) is 0.602. The fourth-order valence-electron chi connectivity index (χ4n) is 2.80. The molecule has 23 heavy (non-hydrogen) atoms. The number of benzene rings is 3. The molecule has 118 valence electrons. The first kappa shape index (κ1) is 15.9. The number of ether oxygens (including phenoxy) is 1. The molecule has 3 heteroatoms. The predicted molar refractivity (Wildman–Crippen MR) is 101 cm³/mol. The fourth-order valence-corrected chi connectivity index (χ4v) is 3.27. The van der Waals surface area contributed by atoms with E-state index in [1.54, 1.807) is 0 Å². The first-order valence-electron chi connectivity index (χ1n) is 7.82. The van der Waals surface area contributed by atoms with Crippen molar-refractivity contribution in [2.75, 3.05) is 11.9 Å². The fraction of sp³-hybridized carbons (Fsp3) is 0.200. The molecule has 0 spiro atoms. The summed E-state index contributed by atoms with van der Waals surface area (Å²) in [6.45, 7) is 5.53. The summed E-state index contributed by atoms with van der Waals surface area (Å²) in [5.41, 5.74) is 3.56. The Morgan fingerprint density at radius 3 is 2.65 bits per heavy atom. The summed E-state index contributed by atoms with van der Waals surface area (Å²) in [4.78, 5) is 0. The summed E-state index contributed by atoms with van der Waals surface area (Å²) < 4.78 is 6.93. The Labute approximate surface area is 145 Å². The predicted octanol–water partition coefficient (Wildman–Crippen LogP) is 5.92. The smallest absolute Gasteiger partial charge is 0.124 e. The molecule has 0 radical (unpaired) electrons. The second kappa shape index (κ2) is 7.05. The van der Waals surface area contributed by atoms with E-state index in [0.29, 0.717) is 6.61 Å². The number of fused-ring (bicyclic) bond motifs is 1. The lowest BCUT2D eigenvalue weighted by Crippen LogP contribution is -2.05. The molecule has 3 rings (SSSR count). The van der Waals surface area contributed by atoms with E-state index in [-0.39, 0.29) is 0 Å². The van der Waals surface area contributed by atoms with E-state index in [1.807, 2.05) is 6.92 Å². The molecule has 0 saturated carbocycles. The maximum atomic E-state index is 5.84. The van der Waals surface area contributed by atoms with Crippen molar-refractivity contribution in [3.63, 3.8) is 0 Å². The number of rotatable bonds is 5. The maximum absolute atomic E-state index is 5.84. The molecular weight excluding hydrogens is 350 g/mol. The molecule has 0 aromatic heterocycles. The van der Waals surface area contributed by atoms with Crippen molar-refractivity contribution in [2.45, 2.75) is 20.4 Å². The second-order valence-corrected chi connectivity index (χ2v) is 6.42. The Morgan fingerprint density at radius 2 is 1.87 bits per heavy atom. The van der Waals surface area contributed by atoms with Gasteiger partial charge in [-0.1, -0.05) is 46.3 Å². The Morgan fingerprint density at radius 1 is 1.04 bits per heavy atom. The van der Waals surface area contributed by atoms with E-state index in [1.165, 1.54) is 21.9 Å². The van der Waals surface area contributed by atoms with Gasteiger partial charge in [0.1, 0.15) is 5.75 Å². The highest BCUT2D eigenvalue weighted by atomic mass is 79.9. The van der Waals surface area contributed by atoms with Crippen molar-refractivity contribution >= 4 is 32.4 Å². The molecule has 1 N–H and O–H groups in total. The lowest BCUT2D eigenvalue weighted by atomic mass is 10.0. The van der Waals surface area contributed by atoms with Gasteiger partial charge >= 0.3 is 0 Å². The van der Waals surface area contributed by atoms with E-state index in [2.05, 4.69) is 82.8 Å². The average molecular weight is 370 g/mol. The van der Waals surface area contributed by atoms with Gasteiger partial charge in [0.2, 0.25) is 0 Å². The highest BCUT2D eigenvalue weighted by Gasteiger charge is 2.09. The van der Waals surface area contributed by atoms with Crippen molar-refractivity contribution < 1.29 is 4.74 Å². The monoisotopic (exact) mass is 369 g/mol. The SMILES string of the molecule is CCOc1ccc2ccccc2c1CNc1ccc(Br)cc1C. The first-order chi connectivity index (χ1) is 11.2. The Bertz CT molecular complexity index is 829. The summed E-state index contributed by atoms with van der Waals surface area (Å²) >= 11 is 3.51. The topological polar surface area (TPSA) is 21.3 Å². The summed E-state index contributed by atoms with van der Waals surface area (Å²) in [5.74, 6) is 0.952. The largest absolute Gasteiger partial charge is 0.494 e. The second-order valence-electron chi connectivity index (χ2n) is 5.51. The molecule has 0 unspecified atom stereocenters. The van der Waals surface area contributed by atoms with Gasteiger partial charge in [-0.05, 0) is 54.4 Å². The lowest BCUT2D eigenvalue weighted by molar-refractivity contribution is 0.337. The van der Waals surface area contributed by atoms with Crippen molar-refractivity contribution in [3.8, 4) is 5.75 Å². The van der Waals surface area contributed by atoms with Crippen LogP contribution >= 0.6 is 15.9 Å². The van der Waals surface area contributed by atoms with Crippen LogP contribution in [0.15, 0.2) is 59.1 Å². The minimum absolute atomic E-state index is 0.669. The zero-order valence-corrected chi connectivity index (χ0v) is 15.0. The van der Waals surface area contributed by atoms with Crippen LogP contribution in [-0.4, -0.2) is 6.61 Å². The van der Waals surface area contributed by atoms with Gasteiger partial charge in [-0.15, -0.1) is 0 Å². The van der Waals surface area contributed by atoms with Gasteiger partial charge in [0.05, 0.1) is 6.61 Å². The number of nitrogens with one attached hydrogen (secondary N) is 1. The molecule has 0 atom stereocenters. The Balaban J connectivity index is 1.95. The molecule has 0 amide bonds. The number of anilines is 1. The van der Waals surface area contributed by atoms with Gasteiger partial charge in [-0.25, -0.2) is 0 Å². The number of hydrogen-bond acceptors (Lipinski definition) is 2. The highest BCUT2D eigenvalue weighted by Crippen LogP contribution is 2.29. The van der Waals surface area contributed by atoms with Crippen molar-refractivity contribution in [2.24, 2.45) is 0 Å². The van der Waals surface area contributed by atoms with Crippen LogP contribution in [-0.2, 0) is 6.54 Å². The summed E-state index contributed by atoms with van der Waals surface area (Å²) in [6.07, 6.45) is 0. The molecule has 0 saturated heterocycles. The molecule has 0 aliphatic rings. The van der Waals surface area contributed by atoms with Gasteiger partial charge in [0.15, 0.2) is 0 Å².